The molecular formula is C17H20N4O2S. The van der Waals surface area contributed by atoms with Gasteiger partial charge in [0.2, 0.25) is 10.0 Å². The smallest absolute Gasteiger partial charge is 0.216 e. The largest absolute Gasteiger partial charge is 0.268 e. The highest BCUT2D eigenvalue weighted by Crippen LogP contribution is 2.28. The Kier molecular flexibility index (Phi) is 4.97. The molecule has 0 aliphatic heterocycles. The van der Waals surface area contributed by atoms with E-state index in [9.17, 15) is 8.42 Å². The van der Waals surface area contributed by atoms with Gasteiger partial charge < -0.3 is 0 Å². The van der Waals surface area contributed by atoms with Crippen LogP contribution in [-0.4, -0.2) is 24.2 Å². The molecule has 3 rings (SSSR count). The summed E-state index contributed by atoms with van der Waals surface area (Å²) in [6.45, 7) is 0. The van der Waals surface area contributed by atoms with Crippen LogP contribution < -0.4 is 4.72 Å². The van der Waals surface area contributed by atoms with Crippen LogP contribution in [0.5, 0.6) is 0 Å². The lowest BCUT2D eigenvalue weighted by molar-refractivity contribution is 0.270. The normalized spacial score (nSPS) is 21.3. The first-order valence-corrected chi connectivity index (χ1v) is 9.71. The molecule has 1 aliphatic carbocycles. The van der Waals surface area contributed by atoms with Gasteiger partial charge in [-0.15, -0.1) is 0 Å². The van der Waals surface area contributed by atoms with Crippen LogP contribution in [0.3, 0.4) is 0 Å². The van der Waals surface area contributed by atoms with Gasteiger partial charge in [-0.3, -0.25) is 4.68 Å². The zero-order valence-electron chi connectivity index (χ0n) is 13.3. The first-order valence-electron chi connectivity index (χ1n) is 8.05. The van der Waals surface area contributed by atoms with Crippen molar-refractivity contribution < 1.29 is 8.42 Å². The Labute approximate surface area is 142 Å². The molecule has 1 heterocycles. The topological polar surface area (TPSA) is 87.8 Å². The van der Waals surface area contributed by atoms with E-state index < -0.39 is 10.0 Å². The average molecular weight is 344 g/mol. The summed E-state index contributed by atoms with van der Waals surface area (Å²) in [4.78, 5) is 0. The number of nitrogens with one attached hydrogen (secondary N) is 1. The standard InChI is InChI=1S/C17H20N4O2S/c18-12-14-5-3-6-15(11-14)13-24(22,23)20-16-7-1-2-8-17(16)21-10-4-9-19-21/h3-6,9-11,16-17,20H,1-2,7-8,13H2/t16-,17+/m0/s1. The molecule has 1 aliphatic rings. The highest BCUT2D eigenvalue weighted by molar-refractivity contribution is 7.88. The van der Waals surface area contributed by atoms with Crippen LogP contribution in [0.4, 0.5) is 0 Å². The van der Waals surface area contributed by atoms with Gasteiger partial charge in [0.15, 0.2) is 0 Å². The minimum absolute atomic E-state index is 0.0500. The average Bonchev–Trinajstić information content (AvgIpc) is 3.09. The van der Waals surface area contributed by atoms with Gasteiger partial charge in [0.05, 0.1) is 23.4 Å². The molecule has 1 N–H and O–H groups in total. The molecule has 1 aromatic carbocycles. The summed E-state index contributed by atoms with van der Waals surface area (Å²) in [5.74, 6) is -0.120. The van der Waals surface area contributed by atoms with Gasteiger partial charge in [0, 0.05) is 18.4 Å². The predicted molar refractivity (Wildman–Crippen MR) is 90.4 cm³/mol. The second-order valence-electron chi connectivity index (χ2n) is 6.13. The minimum Gasteiger partial charge on any atom is -0.268 e. The van der Waals surface area contributed by atoms with Crippen molar-refractivity contribution in [2.24, 2.45) is 0 Å². The van der Waals surface area contributed by atoms with Gasteiger partial charge in [0.25, 0.3) is 0 Å². The number of aromatic nitrogens is 2. The Morgan fingerprint density at radius 1 is 1.29 bits per heavy atom. The van der Waals surface area contributed by atoms with E-state index in [1.54, 1.807) is 30.5 Å². The number of hydrogen-bond acceptors (Lipinski definition) is 4. The molecule has 7 heteroatoms. The van der Waals surface area contributed by atoms with Gasteiger partial charge >= 0.3 is 0 Å². The molecule has 1 saturated carbocycles. The van der Waals surface area contributed by atoms with Crippen molar-refractivity contribution in [1.82, 2.24) is 14.5 Å². The van der Waals surface area contributed by atoms with Crippen molar-refractivity contribution in [3.8, 4) is 6.07 Å². The molecule has 1 fully saturated rings. The van der Waals surface area contributed by atoms with E-state index in [0.717, 1.165) is 25.7 Å². The number of nitriles is 1. The Balaban J connectivity index is 1.74. The third kappa shape index (κ3) is 4.02. The molecule has 1 aromatic heterocycles. The monoisotopic (exact) mass is 344 g/mol. The van der Waals surface area contributed by atoms with Crippen molar-refractivity contribution in [3.63, 3.8) is 0 Å². The first kappa shape index (κ1) is 16.7. The minimum atomic E-state index is -3.48. The van der Waals surface area contributed by atoms with Crippen LogP contribution in [0.15, 0.2) is 42.7 Å². The molecule has 24 heavy (non-hydrogen) atoms. The summed E-state index contributed by atoms with van der Waals surface area (Å²) in [6, 6.07) is 10.5. The lowest BCUT2D eigenvalue weighted by Gasteiger charge is -2.32. The molecule has 0 radical (unpaired) electrons. The van der Waals surface area contributed by atoms with E-state index in [0.29, 0.717) is 11.1 Å². The SMILES string of the molecule is N#Cc1cccc(CS(=O)(=O)N[C@H]2CCCC[C@H]2n2cccn2)c1. The zero-order chi connectivity index (χ0) is 17.0. The van der Waals surface area contributed by atoms with Crippen molar-refractivity contribution in [1.29, 1.82) is 5.26 Å². The molecule has 2 aromatic rings. The maximum Gasteiger partial charge on any atom is 0.216 e. The molecule has 0 spiro atoms. The lowest BCUT2D eigenvalue weighted by atomic mass is 9.91. The Bertz CT molecular complexity index is 825. The van der Waals surface area contributed by atoms with Crippen molar-refractivity contribution in [3.05, 3.63) is 53.9 Å². The molecule has 0 unspecified atom stereocenters. The van der Waals surface area contributed by atoms with Crippen molar-refractivity contribution >= 4 is 10.0 Å². The number of sulfonamides is 1. The highest BCUT2D eigenvalue weighted by atomic mass is 32.2. The van der Waals surface area contributed by atoms with Crippen LogP contribution >= 0.6 is 0 Å². The van der Waals surface area contributed by atoms with E-state index in [2.05, 4.69) is 9.82 Å². The van der Waals surface area contributed by atoms with Crippen molar-refractivity contribution in [2.45, 2.75) is 43.5 Å². The Hall–Kier alpha value is -2.17. The van der Waals surface area contributed by atoms with E-state index in [1.807, 2.05) is 23.0 Å². The zero-order valence-corrected chi connectivity index (χ0v) is 14.1. The molecule has 126 valence electrons. The fourth-order valence-electron chi connectivity index (χ4n) is 3.26. The van der Waals surface area contributed by atoms with Gasteiger partial charge in [-0.25, -0.2) is 13.1 Å². The second-order valence-corrected chi connectivity index (χ2v) is 7.89. The predicted octanol–water partition coefficient (Wildman–Crippen LogP) is 2.36. The molecule has 0 amide bonds. The summed E-state index contributed by atoms with van der Waals surface area (Å²) in [5.41, 5.74) is 1.09. The third-order valence-corrected chi connectivity index (χ3v) is 5.71. The molecule has 2 atom stereocenters. The highest BCUT2D eigenvalue weighted by Gasteiger charge is 2.30. The van der Waals surface area contributed by atoms with E-state index in [-0.39, 0.29) is 17.8 Å². The first-order chi connectivity index (χ1) is 11.6. The van der Waals surface area contributed by atoms with E-state index in [1.165, 1.54) is 0 Å². The molecular weight excluding hydrogens is 324 g/mol. The fraction of sp³-hybridized carbons (Fsp3) is 0.412. The molecule has 6 nitrogen and oxygen atoms in total. The van der Waals surface area contributed by atoms with Gasteiger partial charge in [-0.05, 0) is 36.6 Å². The van der Waals surface area contributed by atoms with Crippen LogP contribution in [0.25, 0.3) is 0 Å². The molecule has 0 saturated heterocycles. The maximum absolute atomic E-state index is 12.6. The number of hydrogen-bond donors (Lipinski definition) is 1. The summed E-state index contributed by atoms with van der Waals surface area (Å²) >= 11 is 0. The maximum atomic E-state index is 12.6. The van der Waals surface area contributed by atoms with Crippen LogP contribution in [0.2, 0.25) is 0 Å². The lowest BCUT2D eigenvalue weighted by Crippen LogP contribution is -2.43. The molecule has 0 bridgehead atoms. The third-order valence-electron chi connectivity index (χ3n) is 4.34. The van der Waals surface area contributed by atoms with Gasteiger partial charge in [-0.1, -0.05) is 25.0 Å². The summed E-state index contributed by atoms with van der Waals surface area (Å²) in [6.07, 6.45) is 7.41. The number of rotatable bonds is 5. The summed E-state index contributed by atoms with van der Waals surface area (Å²) < 4.78 is 29.8. The van der Waals surface area contributed by atoms with Gasteiger partial charge in [-0.2, -0.15) is 10.4 Å². The van der Waals surface area contributed by atoms with Crippen LogP contribution in [0, 0.1) is 11.3 Å². The van der Waals surface area contributed by atoms with Crippen LogP contribution in [-0.2, 0) is 15.8 Å². The number of benzene rings is 1. The van der Waals surface area contributed by atoms with Crippen molar-refractivity contribution in [2.75, 3.05) is 0 Å². The quantitative estimate of drug-likeness (QED) is 0.902. The number of nitrogens with zero attached hydrogens (tertiary/aromatic N) is 3. The fourth-order valence-corrected chi connectivity index (χ4v) is 4.70. The van der Waals surface area contributed by atoms with Gasteiger partial charge in [0.1, 0.15) is 0 Å². The Morgan fingerprint density at radius 3 is 2.88 bits per heavy atom. The summed E-state index contributed by atoms with van der Waals surface area (Å²) in [7, 11) is -3.48. The summed E-state index contributed by atoms with van der Waals surface area (Å²) in [5, 5.41) is 13.2. The van der Waals surface area contributed by atoms with E-state index >= 15 is 0 Å². The second kappa shape index (κ2) is 7.16. The Morgan fingerprint density at radius 2 is 2.12 bits per heavy atom. The van der Waals surface area contributed by atoms with Crippen LogP contribution in [0.1, 0.15) is 42.9 Å². The van der Waals surface area contributed by atoms with E-state index in [4.69, 9.17) is 5.26 Å².